The van der Waals surface area contributed by atoms with Crippen LogP contribution in [0, 0.1) is 0 Å². The molecule has 0 radical (unpaired) electrons. The fourth-order valence-electron chi connectivity index (χ4n) is 1.63. The Labute approximate surface area is 91.3 Å². The van der Waals surface area contributed by atoms with Gasteiger partial charge in [0.1, 0.15) is 0 Å². The zero-order valence-corrected chi connectivity index (χ0v) is 8.94. The van der Waals surface area contributed by atoms with Crippen LogP contribution in [0.3, 0.4) is 0 Å². The molecule has 2 rings (SSSR count). The summed E-state index contributed by atoms with van der Waals surface area (Å²) >= 11 is 7.53. The molecule has 0 amide bonds. The maximum Gasteiger partial charge on any atom is 0.303 e. The molecule has 1 atom stereocenters. The minimum Gasteiger partial charge on any atom is -0.481 e. The third-order valence-electron chi connectivity index (χ3n) is 2.28. The normalized spacial score (nSPS) is 19.4. The van der Waals surface area contributed by atoms with Crippen LogP contribution in [0.4, 0.5) is 0 Å². The van der Waals surface area contributed by atoms with E-state index in [2.05, 4.69) is 0 Å². The molecule has 0 saturated carbocycles. The van der Waals surface area contributed by atoms with Gasteiger partial charge in [0.2, 0.25) is 0 Å². The standard InChI is InChI=1S/C10H9ClO2S/c11-7-1-2-8-6(3-10(12)13)5-14-9(8)4-7/h1-2,4,6H,3,5H2,(H,12,13). The average molecular weight is 229 g/mol. The summed E-state index contributed by atoms with van der Waals surface area (Å²) in [5.74, 6) is 0.255. The van der Waals surface area contributed by atoms with E-state index in [9.17, 15) is 4.79 Å². The number of halogens is 1. The summed E-state index contributed by atoms with van der Waals surface area (Å²) in [6, 6.07) is 5.66. The quantitative estimate of drug-likeness (QED) is 0.846. The lowest BCUT2D eigenvalue weighted by atomic mass is 9.98. The van der Waals surface area contributed by atoms with Crippen LogP contribution < -0.4 is 0 Å². The number of hydrogen-bond donors (Lipinski definition) is 1. The van der Waals surface area contributed by atoms with E-state index in [1.807, 2.05) is 18.2 Å². The lowest BCUT2D eigenvalue weighted by Gasteiger charge is -2.06. The van der Waals surface area contributed by atoms with Crippen molar-refractivity contribution < 1.29 is 9.90 Å². The number of benzene rings is 1. The Morgan fingerprint density at radius 2 is 2.43 bits per heavy atom. The van der Waals surface area contributed by atoms with Crippen LogP contribution in [0.25, 0.3) is 0 Å². The molecular weight excluding hydrogens is 220 g/mol. The fourth-order valence-corrected chi connectivity index (χ4v) is 3.16. The van der Waals surface area contributed by atoms with Gasteiger partial charge in [-0.05, 0) is 17.7 Å². The zero-order chi connectivity index (χ0) is 10.1. The van der Waals surface area contributed by atoms with E-state index in [4.69, 9.17) is 16.7 Å². The van der Waals surface area contributed by atoms with Gasteiger partial charge in [0.05, 0.1) is 6.42 Å². The lowest BCUT2D eigenvalue weighted by molar-refractivity contribution is -0.137. The first-order valence-electron chi connectivity index (χ1n) is 4.31. The highest BCUT2D eigenvalue weighted by Gasteiger charge is 2.25. The summed E-state index contributed by atoms with van der Waals surface area (Å²) in [6.45, 7) is 0. The van der Waals surface area contributed by atoms with Crippen molar-refractivity contribution in [2.24, 2.45) is 0 Å². The van der Waals surface area contributed by atoms with Gasteiger partial charge in [-0.1, -0.05) is 17.7 Å². The highest BCUT2D eigenvalue weighted by Crippen LogP contribution is 2.42. The van der Waals surface area contributed by atoms with Gasteiger partial charge in [-0.3, -0.25) is 4.79 Å². The topological polar surface area (TPSA) is 37.3 Å². The number of carbonyl (C=O) groups is 1. The molecular formula is C10H9ClO2S. The second-order valence-corrected chi connectivity index (χ2v) is 4.79. The SMILES string of the molecule is O=C(O)CC1CSc2cc(Cl)ccc21. The van der Waals surface area contributed by atoms with Crippen molar-refractivity contribution >= 4 is 29.3 Å². The van der Waals surface area contributed by atoms with Crippen molar-refractivity contribution in [2.75, 3.05) is 5.75 Å². The molecule has 0 aromatic heterocycles. The van der Waals surface area contributed by atoms with E-state index in [0.717, 1.165) is 16.2 Å². The molecule has 0 saturated heterocycles. The minimum absolute atomic E-state index is 0.143. The molecule has 2 nitrogen and oxygen atoms in total. The third-order valence-corrected chi connectivity index (χ3v) is 3.75. The van der Waals surface area contributed by atoms with Crippen molar-refractivity contribution in [2.45, 2.75) is 17.2 Å². The molecule has 1 aromatic rings. The summed E-state index contributed by atoms with van der Waals surface area (Å²) in [5, 5.41) is 9.43. The van der Waals surface area contributed by atoms with E-state index in [1.165, 1.54) is 0 Å². The maximum absolute atomic E-state index is 10.6. The van der Waals surface area contributed by atoms with Crippen molar-refractivity contribution in [3.8, 4) is 0 Å². The summed E-state index contributed by atoms with van der Waals surface area (Å²) in [4.78, 5) is 11.7. The molecule has 1 heterocycles. The Hall–Kier alpha value is -0.670. The van der Waals surface area contributed by atoms with Crippen molar-refractivity contribution in [3.63, 3.8) is 0 Å². The molecule has 1 N–H and O–H groups in total. The molecule has 0 aliphatic carbocycles. The van der Waals surface area contributed by atoms with Gasteiger partial charge in [0, 0.05) is 21.6 Å². The van der Waals surface area contributed by atoms with Gasteiger partial charge in [0.25, 0.3) is 0 Å². The molecule has 14 heavy (non-hydrogen) atoms. The second kappa shape index (κ2) is 3.83. The first kappa shape index (κ1) is 9.87. The predicted molar refractivity (Wildman–Crippen MR) is 57.2 cm³/mol. The zero-order valence-electron chi connectivity index (χ0n) is 7.37. The first-order chi connectivity index (χ1) is 6.66. The van der Waals surface area contributed by atoms with Gasteiger partial charge in [-0.2, -0.15) is 0 Å². The molecule has 74 valence electrons. The van der Waals surface area contributed by atoms with Crippen LogP contribution in [-0.4, -0.2) is 16.8 Å². The molecule has 1 aliphatic rings. The maximum atomic E-state index is 10.6. The Morgan fingerprint density at radius 1 is 1.64 bits per heavy atom. The number of fused-ring (bicyclic) bond motifs is 1. The Balaban J connectivity index is 2.26. The molecule has 1 aliphatic heterocycles. The molecule has 1 unspecified atom stereocenters. The molecule has 4 heteroatoms. The van der Waals surface area contributed by atoms with E-state index >= 15 is 0 Å². The Bertz CT molecular complexity index is 378. The van der Waals surface area contributed by atoms with Crippen molar-refractivity contribution in [1.29, 1.82) is 0 Å². The monoisotopic (exact) mass is 228 g/mol. The van der Waals surface area contributed by atoms with E-state index in [1.54, 1.807) is 11.8 Å². The van der Waals surface area contributed by atoms with E-state index in [0.29, 0.717) is 5.02 Å². The lowest BCUT2D eigenvalue weighted by Crippen LogP contribution is -2.05. The fraction of sp³-hybridized carbons (Fsp3) is 0.300. The predicted octanol–water partition coefficient (Wildman–Crippen LogP) is 3.00. The van der Waals surface area contributed by atoms with Crippen LogP contribution in [0.1, 0.15) is 17.9 Å². The third kappa shape index (κ3) is 1.88. The van der Waals surface area contributed by atoms with Gasteiger partial charge in [-0.15, -0.1) is 11.8 Å². The number of rotatable bonds is 2. The van der Waals surface area contributed by atoms with Gasteiger partial charge >= 0.3 is 5.97 Å². The summed E-state index contributed by atoms with van der Waals surface area (Å²) in [5.41, 5.74) is 1.13. The molecule has 1 aromatic carbocycles. The summed E-state index contributed by atoms with van der Waals surface area (Å²) in [7, 11) is 0. The molecule has 0 fully saturated rings. The van der Waals surface area contributed by atoms with Crippen LogP contribution in [0.15, 0.2) is 23.1 Å². The van der Waals surface area contributed by atoms with Gasteiger partial charge < -0.3 is 5.11 Å². The Kier molecular flexibility index (Phi) is 2.70. The second-order valence-electron chi connectivity index (χ2n) is 3.29. The van der Waals surface area contributed by atoms with Gasteiger partial charge in [-0.25, -0.2) is 0 Å². The molecule has 0 bridgehead atoms. The first-order valence-corrected chi connectivity index (χ1v) is 5.67. The van der Waals surface area contributed by atoms with Crippen LogP contribution >= 0.6 is 23.4 Å². The summed E-state index contributed by atoms with van der Waals surface area (Å²) < 4.78 is 0. The number of carboxylic acid groups (broad SMARTS) is 1. The van der Waals surface area contributed by atoms with Crippen LogP contribution in [0.2, 0.25) is 5.02 Å². The van der Waals surface area contributed by atoms with E-state index in [-0.39, 0.29) is 12.3 Å². The van der Waals surface area contributed by atoms with Crippen molar-refractivity contribution in [1.82, 2.24) is 0 Å². The highest BCUT2D eigenvalue weighted by atomic mass is 35.5. The average Bonchev–Trinajstić information content (AvgIpc) is 2.47. The largest absolute Gasteiger partial charge is 0.481 e. The number of hydrogen-bond acceptors (Lipinski definition) is 2. The number of carboxylic acids is 1. The summed E-state index contributed by atoms with van der Waals surface area (Å²) in [6.07, 6.45) is 0.210. The smallest absolute Gasteiger partial charge is 0.303 e. The van der Waals surface area contributed by atoms with Gasteiger partial charge in [0.15, 0.2) is 0 Å². The van der Waals surface area contributed by atoms with Crippen molar-refractivity contribution in [3.05, 3.63) is 28.8 Å². The van der Waals surface area contributed by atoms with Crippen LogP contribution in [-0.2, 0) is 4.79 Å². The molecule has 0 spiro atoms. The number of thioether (sulfide) groups is 1. The van der Waals surface area contributed by atoms with Crippen LogP contribution in [0.5, 0.6) is 0 Å². The minimum atomic E-state index is -0.738. The number of aliphatic carboxylic acids is 1. The Morgan fingerprint density at radius 3 is 3.14 bits per heavy atom. The highest BCUT2D eigenvalue weighted by molar-refractivity contribution is 7.99. The van der Waals surface area contributed by atoms with E-state index < -0.39 is 5.97 Å².